The molecule has 8 heteroatoms. The first kappa shape index (κ1) is 21.7. The predicted molar refractivity (Wildman–Crippen MR) is 102 cm³/mol. The van der Waals surface area contributed by atoms with Crippen LogP contribution in [0, 0.1) is 40.5 Å². The number of rotatable bonds is 5. The Kier molecular flexibility index (Phi) is 5.97. The summed E-state index contributed by atoms with van der Waals surface area (Å²) >= 11 is 11.3. The Morgan fingerprint density at radius 2 is 1.66 bits per heavy atom. The molecule has 0 N–H and O–H groups in total. The third kappa shape index (κ3) is 4.01. The summed E-state index contributed by atoms with van der Waals surface area (Å²) in [4.78, 5) is 12.4. The van der Waals surface area contributed by atoms with E-state index in [1.54, 1.807) is 19.9 Å². The molecule has 2 unspecified atom stereocenters. The molecule has 1 aliphatic rings. The van der Waals surface area contributed by atoms with E-state index in [0.717, 1.165) is 0 Å². The van der Waals surface area contributed by atoms with Crippen LogP contribution in [0.3, 0.4) is 0 Å². The van der Waals surface area contributed by atoms with Gasteiger partial charge in [0.2, 0.25) is 0 Å². The van der Waals surface area contributed by atoms with Gasteiger partial charge in [0, 0.05) is 0 Å². The molecule has 1 fully saturated rings. The Morgan fingerprint density at radius 1 is 1.03 bits per heavy atom. The fraction of sp³-hybridized carbons (Fsp3) is 0.286. The molecule has 29 heavy (non-hydrogen) atoms. The topological polar surface area (TPSA) is 26.3 Å². The molecule has 154 valence electrons. The van der Waals surface area contributed by atoms with Crippen molar-refractivity contribution in [3.63, 3.8) is 0 Å². The summed E-state index contributed by atoms with van der Waals surface area (Å²) in [6.45, 7) is 2.68. The van der Waals surface area contributed by atoms with Crippen molar-refractivity contribution in [1.82, 2.24) is 0 Å². The first-order valence-corrected chi connectivity index (χ1v) is 9.42. The highest BCUT2D eigenvalue weighted by atomic mass is 35.5. The third-order valence-electron chi connectivity index (χ3n) is 5.25. The molecule has 3 rings (SSSR count). The van der Waals surface area contributed by atoms with E-state index >= 15 is 0 Å². The van der Waals surface area contributed by atoms with Gasteiger partial charge in [0.1, 0.15) is 16.9 Å². The van der Waals surface area contributed by atoms with Crippen LogP contribution < -0.4 is 0 Å². The Morgan fingerprint density at radius 3 is 2.24 bits per heavy atom. The summed E-state index contributed by atoms with van der Waals surface area (Å²) in [5, 5.41) is 0. The number of hydrogen-bond donors (Lipinski definition) is 0. The fourth-order valence-corrected chi connectivity index (χ4v) is 3.75. The zero-order valence-electron chi connectivity index (χ0n) is 15.4. The van der Waals surface area contributed by atoms with Crippen LogP contribution in [-0.4, -0.2) is 5.97 Å². The zero-order chi connectivity index (χ0) is 21.5. The van der Waals surface area contributed by atoms with Crippen molar-refractivity contribution in [3.05, 3.63) is 69.7 Å². The van der Waals surface area contributed by atoms with Crippen molar-refractivity contribution in [1.29, 1.82) is 0 Å². The average molecular weight is 447 g/mol. The molecule has 1 aliphatic carbocycles. The first-order valence-electron chi connectivity index (χ1n) is 8.67. The third-order valence-corrected chi connectivity index (χ3v) is 5.50. The smallest absolute Gasteiger partial charge is 0.310 e. The van der Waals surface area contributed by atoms with E-state index in [2.05, 4.69) is 0 Å². The maximum Gasteiger partial charge on any atom is 0.310 e. The maximum atomic E-state index is 14.8. The molecule has 2 aromatic rings. The lowest BCUT2D eigenvalue weighted by molar-refractivity contribution is -0.147. The molecule has 2 nitrogen and oxygen atoms in total. The highest BCUT2D eigenvalue weighted by Crippen LogP contribution is 2.60. The van der Waals surface area contributed by atoms with Gasteiger partial charge in [-0.05, 0) is 23.0 Å². The Bertz CT molecular complexity index is 986. The molecule has 0 radical (unpaired) electrons. The van der Waals surface area contributed by atoms with Crippen molar-refractivity contribution in [2.45, 2.75) is 20.5 Å². The number of carbonyl (C=O) groups is 1. The Labute approximate surface area is 175 Å². The Balaban J connectivity index is 1.88. The second-order valence-electron chi connectivity index (χ2n) is 7.36. The van der Waals surface area contributed by atoms with E-state index < -0.39 is 58.3 Å². The van der Waals surface area contributed by atoms with Crippen LogP contribution in [0.4, 0.5) is 17.6 Å². The molecule has 2 atom stereocenters. The molecule has 0 saturated heterocycles. The van der Waals surface area contributed by atoms with E-state index in [4.69, 9.17) is 27.9 Å². The van der Waals surface area contributed by atoms with Crippen molar-refractivity contribution >= 4 is 29.2 Å². The molecule has 0 amide bonds. The van der Waals surface area contributed by atoms with Gasteiger partial charge in [-0.3, -0.25) is 4.79 Å². The minimum atomic E-state index is -1.84. The molecule has 0 aromatic heterocycles. The molecule has 2 aromatic carbocycles. The predicted octanol–water partition coefficient (Wildman–Crippen LogP) is 6.54. The second kappa shape index (κ2) is 8.00. The van der Waals surface area contributed by atoms with Crippen molar-refractivity contribution in [2.75, 3.05) is 0 Å². The summed E-state index contributed by atoms with van der Waals surface area (Å²) in [6, 6.07) is 7.32. The van der Waals surface area contributed by atoms with Gasteiger partial charge in [-0.2, -0.15) is 0 Å². The van der Waals surface area contributed by atoms with E-state index in [1.807, 2.05) is 0 Å². The molecule has 0 aliphatic heterocycles. The van der Waals surface area contributed by atoms with Gasteiger partial charge in [-0.1, -0.05) is 67.4 Å². The summed E-state index contributed by atoms with van der Waals surface area (Å²) < 4.78 is 62.3. The lowest BCUT2D eigenvalue weighted by Crippen LogP contribution is -2.14. The molecule has 0 spiro atoms. The lowest BCUT2D eigenvalue weighted by atomic mass is 10.0. The van der Waals surface area contributed by atoms with Crippen LogP contribution in [0.5, 0.6) is 0 Å². The van der Waals surface area contributed by atoms with E-state index in [1.165, 1.54) is 30.3 Å². The standard InChI is InChI=1S/C21H16Cl2F4O2/c1-21(2)12(8-13(22)23)15(21)20(28)29-9-11-16(24)14(10-6-4-3-5-7-10)18(26)19(27)17(11)25/h3-8,12,15H,9H2,1-2H3. The first-order chi connectivity index (χ1) is 13.6. The summed E-state index contributed by atoms with van der Waals surface area (Å²) in [5.74, 6) is -8.21. The van der Waals surface area contributed by atoms with Crippen LogP contribution >= 0.6 is 23.2 Å². The quantitative estimate of drug-likeness (QED) is 0.225. The number of benzene rings is 2. The number of ether oxygens (including phenoxy) is 1. The lowest BCUT2D eigenvalue weighted by Gasteiger charge is -2.13. The van der Waals surface area contributed by atoms with E-state index in [9.17, 15) is 22.4 Å². The molecule has 0 heterocycles. The Hall–Kier alpha value is -2.05. The van der Waals surface area contributed by atoms with Crippen molar-refractivity contribution in [3.8, 4) is 11.1 Å². The SMILES string of the molecule is CC1(C)C(C=C(Cl)Cl)C1C(=O)OCc1c(F)c(F)c(F)c(-c2ccccc2)c1F. The van der Waals surface area contributed by atoms with Gasteiger partial charge < -0.3 is 4.74 Å². The number of hydrogen-bond acceptors (Lipinski definition) is 2. The number of esters is 1. The van der Waals surface area contributed by atoms with Gasteiger partial charge in [0.05, 0.1) is 17.0 Å². The maximum absolute atomic E-state index is 14.8. The number of halogens is 6. The van der Waals surface area contributed by atoms with E-state index in [0.29, 0.717) is 0 Å². The largest absolute Gasteiger partial charge is 0.460 e. The number of carbonyl (C=O) groups excluding carboxylic acids is 1. The molecular weight excluding hydrogens is 431 g/mol. The van der Waals surface area contributed by atoms with Gasteiger partial charge in [-0.25, -0.2) is 17.6 Å². The normalized spacial score (nSPS) is 19.6. The fourth-order valence-electron chi connectivity index (χ4n) is 3.47. The van der Waals surface area contributed by atoms with Crippen LogP contribution in [0.1, 0.15) is 19.4 Å². The summed E-state index contributed by atoms with van der Waals surface area (Å²) in [6.07, 6.45) is 1.49. The minimum absolute atomic E-state index is 0.0106. The monoisotopic (exact) mass is 446 g/mol. The number of allylic oxidation sites excluding steroid dienone is 1. The van der Waals surface area contributed by atoms with Gasteiger partial charge >= 0.3 is 5.97 Å². The van der Waals surface area contributed by atoms with Crippen LogP contribution in [0.2, 0.25) is 0 Å². The van der Waals surface area contributed by atoms with Gasteiger partial charge in [-0.15, -0.1) is 0 Å². The minimum Gasteiger partial charge on any atom is -0.460 e. The second-order valence-corrected chi connectivity index (χ2v) is 8.37. The van der Waals surface area contributed by atoms with Crippen molar-refractivity contribution < 1.29 is 27.1 Å². The highest BCUT2D eigenvalue weighted by Gasteiger charge is 2.61. The van der Waals surface area contributed by atoms with Crippen LogP contribution in [0.15, 0.2) is 40.9 Å². The molecule has 1 saturated carbocycles. The molecule has 0 bridgehead atoms. The summed E-state index contributed by atoms with van der Waals surface area (Å²) in [5.41, 5.74) is -2.07. The van der Waals surface area contributed by atoms with Crippen molar-refractivity contribution in [2.24, 2.45) is 17.3 Å². The summed E-state index contributed by atoms with van der Waals surface area (Å²) in [7, 11) is 0. The van der Waals surface area contributed by atoms with Gasteiger partial charge in [0.25, 0.3) is 0 Å². The van der Waals surface area contributed by atoms with E-state index in [-0.39, 0.29) is 16.0 Å². The average Bonchev–Trinajstić information content (AvgIpc) is 3.20. The van der Waals surface area contributed by atoms with Crippen LogP contribution in [-0.2, 0) is 16.1 Å². The zero-order valence-corrected chi connectivity index (χ0v) is 16.9. The molecular formula is C21H16Cl2F4O2. The highest BCUT2D eigenvalue weighted by molar-refractivity contribution is 6.55. The van der Waals surface area contributed by atoms with Gasteiger partial charge in [0.15, 0.2) is 17.5 Å². The van der Waals surface area contributed by atoms with Crippen LogP contribution in [0.25, 0.3) is 11.1 Å².